The molecule has 33 heavy (non-hydrogen) atoms. The lowest BCUT2D eigenvalue weighted by molar-refractivity contribution is -0.384. The fraction of sp³-hybridized carbons (Fsp3) is 0.333. The fourth-order valence-electron chi connectivity index (χ4n) is 3.73. The smallest absolute Gasteiger partial charge is 0.295 e. The third kappa shape index (κ3) is 5.20. The van der Waals surface area contributed by atoms with E-state index in [1.54, 1.807) is 24.3 Å². The lowest BCUT2D eigenvalue weighted by Gasteiger charge is -2.25. The number of benzene rings is 2. The minimum atomic E-state index is -0.880. The van der Waals surface area contributed by atoms with Gasteiger partial charge in [-0.2, -0.15) is 0 Å². The Bertz CT molecular complexity index is 1060. The Balaban J connectivity index is 2.06. The Morgan fingerprint density at radius 3 is 2.30 bits per heavy atom. The van der Waals surface area contributed by atoms with Crippen LogP contribution in [0.2, 0.25) is 0 Å². The number of nitro benzene ring substituents is 1. The highest BCUT2D eigenvalue weighted by Gasteiger charge is 2.45. The Hall–Kier alpha value is -3.72. The summed E-state index contributed by atoms with van der Waals surface area (Å²) >= 11 is 0. The van der Waals surface area contributed by atoms with Gasteiger partial charge < -0.3 is 19.5 Å². The van der Waals surface area contributed by atoms with Crippen molar-refractivity contribution in [2.75, 3.05) is 20.3 Å². The Labute approximate surface area is 191 Å². The van der Waals surface area contributed by atoms with Crippen LogP contribution in [0.1, 0.15) is 37.4 Å². The number of hydrogen-bond acceptors (Lipinski definition) is 7. The van der Waals surface area contributed by atoms with E-state index < -0.39 is 22.7 Å². The molecule has 0 saturated carbocycles. The molecule has 1 aliphatic heterocycles. The number of nitro groups is 1. The van der Waals surface area contributed by atoms with Gasteiger partial charge in [0.2, 0.25) is 0 Å². The SMILES string of the molecule is COCCCN1C(=O)C(=O)/C(=C(/O)c2ccc(OC(C)C)cc2)C1c1ccc([N+](=O)[O-])cc1. The molecule has 1 atom stereocenters. The van der Waals surface area contributed by atoms with Gasteiger partial charge in [-0.3, -0.25) is 19.7 Å². The van der Waals surface area contributed by atoms with Gasteiger partial charge in [-0.25, -0.2) is 0 Å². The summed E-state index contributed by atoms with van der Waals surface area (Å²) in [5, 5.41) is 22.1. The van der Waals surface area contributed by atoms with E-state index in [1.165, 1.54) is 36.3 Å². The average Bonchev–Trinajstić information content (AvgIpc) is 3.04. The second-order valence-corrected chi connectivity index (χ2v) is 7.88. The number of rotatable bonds is 9. The zero-order chi connectivity index (χ0) is 24.1. The lowest BCUT2D eigenvalue weighted by Crippen LogP contribution is -2.31. The van der Waals surface area contributed by atoms with Crippen molar-refractivity contribution >= 4 is 23.1 Å². The number of hydrogen-bond donors (Lipinski definition) is 1. The van der Waals surface area contributed by atoms with Crippen LogP contribution in [-0.4, -0.2) is 53.0 Å². The predicted octanol–water partition coefficient (Wildman–Crippen LogP) is 3.84. The summed E-state index contributed by atoms with van der Waals surface area (Å²) in [6, 6.07) is 11.3. The molecule has 1 aliphatic rings. The highest BCUT2D eigenvalue weighted by molar-refractivity contribution is 6.46. The van der Waals surface area contributed by atoms with Crippen LogP contribution in [0.15, 0.2) is 54.1 Å². The minimum Gasteiger partial charge on any atom is -0.507 e. The minimum absolute atomic E-state index is 0.0241. The van der Waals surface area contributed by atoms with E-state index in [1.807, 2.05) is 13.8 Å². The summed E-state index contributed by atoms with van der Waals surface area (Å²) in [7, 11) is 1.54. The van der Waals surface area contributed by atoms with Gasteiger partial charge in [0.25, 0.3) is 17.4 Å². The number of nitrogens with zero attached hydrogens (tertiary/aromatic N) is 2. The first-order chi connectivity index (χ1) is 15.7. The molecule has 9 heteroatoms. The molecule has 1 N–H and O–H groups in total. The molecule has 1 fully saturated rings. The van der Waals surface area contributed by atoms with Crippen LogP contribution < -0.4 is 4.74 Å². The van der Waals surface area contributed by atoms with Crippen molar-refractivity contribution in [2.45, 2.75) is 32.4 Å². The van der Waals surface area contributed by atoms with Crippen molar-refractivity contribution in [2.24, 2.45) is 0 Å². The molecular formula is C24H26N2O7. The van der Waals surface area contributed by atoms with Gasteiger partial charge in [-0.15, -0.1) is 0 Å². The first-order valence-electron chi connectivity index (χ1n) is 10.5. The van der Waals surface area contributed by atoms with Gasteiger partial charge in [0.15, 0.2) is 0 Å². The van der Waals surface area contributed by atoms with E-state index in [-0.39, 0.29) is 29.7 Å². The summed E-state index contributed by atoms with van der Waals surface area (Å²) in [5.41, 5.74) is 0.658. The molecule has 2 aromatic carbocycles. The van der Waals surface area contributed by atoms with Crippen LogP contribution in [0, 0.1) is 10.1 Å². The maximum atomic E-state index is 13.0. The van der Waals surface area contributed by atoms with Crippen molar-refractivity contribution in [3.63, 3.8) is 0 Å². The zero-order valence-corrected chi connectivity index (χ0v) is 18.7. The molecule has 0 aromatic heterocycles. The monoisotopic (exact) mass is 454 g/mol. The number of aliphatic hydroxyl groups is 1. The first-order valence-corrected chi connectivity index (χ1v) is 10.5. The second-order valence-electron chi connectivity index (χ2n) is 7.88. The van der Waals surface area contributed by atoms with E-state index in [2.05, 4.69) is 0 Å². The van der Waals surface area contributed by atoms with Crippen molar-refractivity contribution in [3.05, 3.63) is 75.3 Å². The molecule has 3 rings (SSSR count). The highest BCUT2D eigenvalue weighted by Crippen LogP contribution is 2.40. The van der Waals surface area contributed by atoms with E-state index in [9.17, 15) is 24.8 Å². The molecule has 1 amide bonds. The molecule has 2 aromatic rings. The molecule has 0 spiro atoms. The summed E-state index contributed by atoms with van der Waals surface area (Å²) in [5.74, 6) is -1.26. The third-order valence-electron chi connectivity index (χ3n) is 5.21. The van der Waals surface area contributed by atoms with E-state index >= 15 is 0 Å². The molecule has 0 radical (unpaired) electrons. The number of methoxy groups -OCH3 is 1. The normalized spacial score (nSPS) is 17.6. The van der Waals surface area contributed by atoms with E-state index in [0.29, 0.717) is 29.9 Å². The predicted molar refractivity (Wildman–Crippen MR) is 121 cm³/mol. The maximum Gasteiger partial charge on any atom is 0.295 e. The van der Waals surface area contributed by atoms with Crippen molar-refractivity contribution in [1.82, 2.24) is 4.90 Å². The summed E-state index contributed by atoms with van der Waals surface area (Å²) in [4.78, 5) is 37.7. The number of non-ortho nitro benzene ring substituents is 1. The summed E-state index contributed by atoms with van der Waals surface area (Å²) in [6.45, 7) is 4.39. The van der Waals surface area contributed by atoms with Crippen molar-refractivity contribution in [1.29, 1.82) is 0 Å². The number of carbonyl (C=O) groups is 2. The number of aliphatic hydroxyl groups excluding tert-OH is 1. The highest BCUT2D eigenvalue weighted by atomic mass is 16.6. The number of ether oxygens (including phenoxy) is 2. The quantitative estimate of drug-likeness (QED) is 0.153. The van der Waals surface area contributed by atoms with Gasteiger partial charge in [-0.05, 0) is 62.2 Å². The number of Topliss-reactive ketones (excluding diaryl/α,β-unsaturated/α-hetero) is 1. The molecule has 9 nitrogen and oxygen atoms in total. The van der Waals surface area contributed by atoms with Crippen LogP contribution in [0.25, 0.3) is 5.76 Å². The second kappa shape index (κ2) is 10.3. The van der Waals surface area contributed by atoms with Gasteiger partial charge in [0.05, 0.1) is 22.6 Å². The Morgan fingerprint density at radius 2 is 1.76 bits per heavy atom. The van der Waals surface area contributed by atoms with Crippen LogP contribution in [-0.2, 0) is 14.3 Å². The van der Waals surface area contributed by atoms with Crippen molar-refractivity contribution in [3.8, 4) is 5.75 Å². The van der Waals surface area contributed by atoms with Gasteiger partial charge >= 0.3 is 0 Å². The van der Waals surface area contributed by atoms with Crippen LogP contribution >= 0.6 is 0 Å². The average molecular weight is 454 g/mol. The molecule has 1 heterocycles. The largest absolute Gasteiger partial charge is 0.507 e. The maximum absolute atomic E-state index is 13.0. The Morgan fingerprint density at radius 1 is 1.12 bits per heavy atom. The standard InChI is InChI=1S/C24H26N2O7/c1-15(2)33-19-11-7-17(8-12-19)22(27)20-21(16-5-9-18(10-6-16)26(30)31)25(13-4-14-32-3)24(29)23(20)28/h5-12,15,21,27H,4,13-14H2,1-3H3/b22-20+. The fourth-order valence-corrected chi connectivity index (χ4v) is 3.73. The molecule has 174 valence electrons. The molecule has 0 bridgehead atoms. The van der Waals surface area contributed by atoms with Crippen LogP contribution in [0.5, 0.6) is 5.75 Å². The first kappa shape index (κ1) is 23.9. The van der Waals surface area contributed by atoms with Gasteiger partial charge in [0.1, 0.15) is 11.5 Å². The number of carbonyl (C=O) groups excluding carboxylic acids is 2. The molecule has 1 unspecified atom stereocenters. The zero-order valence-electron chi connectivity index (χ0n) is 18.7. The number of ketones is 1. The van der Waals surface area contributed by atoms with E-state index in [4.69, 9.17) is 9.47 Å². The number of amides is 1. The molecular weight excluding hydrogens is 428 g/mol. The number of likely N-dealkylation sites (tertiary alicyclic amines) is 1. The van der Waals surface area contributed by atoms with Gasteiger partial charge in [-0.1, -0.05) is 0 Å². The van der Waals surface area contributed by atoms with Gasteiger partial charge in [0, 0.05) is 38.0 Å². The third-order valence-corrected chi connectivity index (χ3v) is 5.21. The molecule has 1 saturated heterocycles. The summed E-state index contributed by atoms with van der Waals surface area (Å²) < 4.78 is 10.7. The lowest BCUT2D eigenvalue weighted by atomic mass is 9.95. The summed E-state index contributed by atoms with van der Waals surface area (Å²) in [6.07, 6.45) is 0.456. The Kier molecular flexibility index (Phi) is 7.44. The van der Waals surface area contributed by atoms with E-state index in [0.717, 1.165) is 0 Å². The van der Waals surface area contributed by atoms with Crippen molar-refractivity contribution < 1.29 is 29.1 Å². The molecule has 0 aliphatic carbocycles. The van der Waals surface area contributed by atoms with Crippen LogP contribution in [0.3, 0.4) is 0 Å². The topological polar surface area (TPSA) is 119 Å². The van der Waals surface area contributed by atoms with Crippen LogP contribution in [0.4, 0.5) is 5.69 Å².